The molecule has 3 nitrogen and oxygen atoms in total. The number of hydrogen-bond acceptors (Lipinski definition) is 3. The number of nitriles is 1. The van der Waals surface area contributed by atoms with Crippen LogP contribution >= 0.6 is 0 Å². The molecule has 0 bridgehead atoms. The van der Waals surface area contributed by atoms with Gasteiger partial charge in [-0.15, -0.1) is 0 Å². The molecule has 0 aliphatic rings. The molecule has 90 valence electrons. The van der Waals surface area contributed by atoms with E-state index in [2.05, 4.69) is 22.4 Å². The highest BCUT2D eigenvalue weighted by Crippen LogP contribution is 2.11. The van der Waals surface area contributed by atoms with E-state index in [4.69, 9.17) is 5.26 Å². The zero-order chi connectivity index (χ0) is 12.8. The third-order valence-corrected chi connectivity index (χ3v) is 2.67. The molecule has 0 amide bonds. The number of rotatable bonds is 4. The summed E-state index contributed by atoms with van der Waals surface area (Å²) in [4.78, 5) is 4.16. The molecule has 0 atom stereocenters. The minimum atomic E-state index is 0.460. The Morgan fingerprint density at radius 2 is 1.94 bits per heavy atom. The van der Waals surface area contributed by atoms with E-state index in [1.807, 2.05) is 43.6 Å². The SMILES string of the molecule is Cc1cncc(CNc2ccc(CC#N)cc2)c1. The number of pyridine rings is 1. The Morgan fingerprint density at radius 1 is 1.17 bits per heavy atom. The average molecular weight is 237 g/mol. The van der Waals surface area contributed by atoms with E-state index in [1.165, 1.54) is 5.56 Å². The predicted molar refractivity (Wildman–Crippen MR) is 72.1 cm³/mol. The standard InChI is InChI=1S/C15H15N3/c1-12-8-14(10-17-9-12)11-18-15-4-2-13(3-5-15)6-7-16/h2-5,8-10,18H,6,11H2,1H3. The summed E-state index contributed by atoms with van der Waals surface area (Å²) in [7, 11) is 0. The van der Waals surface area contributed by atoms with Crippen LogP contribution in [-0.2, 0) is 13.0 Å². The van der Waals surface area contributed by atoms with Gasteiger partial charge in [-0.05, 0) is 35.7 Å². The van der Waals surface area contributed by atoms with Crippen molar-refractivity contribution in [1.82, 2.24) is 4.98 Å². The van der Waals surface area contributed by atoms with Gasteiger partial charge in [-0.3, -0.25) is 4.98 Å². The Labute approximate surface area is 107 Å². The summed E-state index contributed by atoms with van der Waals surface area (Å²) in [5.74, 6) is 0. The van der Waals surface area contributed by atoms with Gasteiger partial charge in [0.1, 0.15) is 0 Å². The fourth-order valence-corrected chi connectivity index (χ4v) is 1.75. The minimum Gasteiger partial charge on any atom is -0.381 e. The first-order chi connectivity index (χ1) is 8.78. The molecule has 3 heteroatoms. The van der Waals surface area contributed by atoms with E-state index in [1.54, 1.807) is 0 Å². The van der Waals surface area contributed by atoms with Gasteiger partial charge in [-0.25, -0.2) is 0 Å². The first kappa shape index (κ1) is 12.1. The maximum atomic E-state index is 8.59. The van der Waals surface area contributed by atoms with Crippen LogP contribution in [0, 0.1) is 18.3 Å². The lowest BCUT2D eigenvalue weighted by Gasteiger charge is -2.07. The Kier molecular flexibility index (Phi) is 3.93. The van der Waals surface area contributed by atoms with Crippen LogP contribution < -0.4 is 5.32 Å². The highest BCUT2D eigenvalue weighted by Gasteiger charge is 1.96. The van der Waals surface area contributed by atoms with Gasteiger partial charge in [-0.2, -0.15) is 5.26 Å². The number of anilines is 1. The van der Waals surface area contributed by atoms with Crippen molar-refractivity contribution in [2.45, 2.75) is 19.9 Å². The molecule has 2 rings (SSSR count). The van der Waals surface area contributed by atoms with Crippen LogP contribution in [0.3, 0.4) is 0 Å². The maximum Gasteiger partial charge on any atom is 0.0669 e. The van der Waals surface area contributed by atoms with E-state index < -0.39 is 0 Å². The fourth-order valence-electron chi connectivity index (χ4n) is 1.75. The average Bonchev–Trinajstić information content (AvgIpc) is 2.38. The summed E-state index contributed by atoms with van der Waals surface area (Å²) in [5.41, 5.74) is 4.42. The van der Waals surface area contributed by atoms with Crippen molar-refractivity contribution in [3.05, 3.63) is 59.4 Å². The van der Waals surface area contributed by atoms with Gasteiger partial charge in [0.25, 0.3) is 0 Å². The number of aryl methyl sites for hydroxylation is 1. The van der Waals surface area contributed by atoms with Crippen LogP contribution in [-0.4, -0.2) is 4.98 Å². The fraction of sp³-hybridized carbons (Fsp3) is 0.200. The van der Waals surface area contributed by atoms with E-state index in [0.29, 0.717) is 6.42 Å². The van der Waals surface area contributed by atoms with Crippen LogP contribution in [0.2, 0.25) is 0 Å². The molecule has 18 heavy (non-hydrogen) atoms. The molecule has 1 aromatic carbocycles. The number of nitrogens with zero attached hydrogens (tertiary/aromatic N) is 2. The van der Waals surface area contributed by atoms with Gasteiger partial charge in [0, 0.05) is 24.6 Å². The second-order valence-corrected chi connectivity index (χ2v) is 4.26. The summed E-state index contributed by atoms with van der Waals surface area (Å²) < 4.78 is 0. The van der Waals surface area contributed by atoms with Crippen molar-refractivity contribution in [2.75, 3.05) is 5.32 Å². The molecular weight excluding hydrogens is 222 g/mol. The topological polar surface area (TPSA) is 48.7 Å². The van der Waals surface area contributed by atoms with Crippen LogP contribution in [0.1, 0.15) is 16.7 Å². The van der Waals surface area contributed by atoms with E-state index in [9.17, 15) is 0 Å². The van der Waals surface area contributed by atoms with Crippen molar-refractivity contribution >= 4 is 5.69 Å². The molecule has 0 saturated heterocycles. The van der Waals surface area contributed by atoms with E-state index in [-0.39, 0.29) is 0 Å². The number of aromatic nitrogens is 1. The molecule has 2 aromatic rings. The highest BCUT2D eigenvalue weighted by molar-refractivity contribution is 5.45. The van der Waals surface area contributed by atoms with Gasteiger partial charge in [0.05, 0.1) is 12.5 Å². The number of nitrogens with one attached hydrogen (secondary N) is 1. The van der Waals surface area contributed by atoms with Gasteiger partial charge < -0.3 is 5.32 Å². The predicted octanol–water partition coefficient (Wildman–Crippen LogP) is 3.07. The molecule has 1 heterocycles. The second kappa shape index (κ2) is 5.83. The Bertz CT molecular complexity index is 553. The van der Waals surface area contributed by atoms with Gasteiger partial charge in [0.2, 0.25) is 0 Å². The van der Waals surface area contributed by atoms with Crippen molar-refractivity contribution in [2.24, 2.45) is 0 Å². The molecule has 0 spiro atoms. The minimum absolute atomic E-state index is 0.460. The molecule has 0 fully saturated rings. The highest BCUT2D eigenvalue weighted by atomic mass is 14.9. The smallest absolute Gasteiger partial charge is 0.0669 e. The molecule has 0 aliphatic heterocycles. The largest absolute Gasteiger partial charge is 0.381 e. The molecule has 0 unspecified atom stereocenters. The van der Waals surface area contributed by atoms with E-state index >= 15 is 0 Å². The molecular formula is C15H15N3. The zero-order valence-corrected chi connectivity index (χ0v) is 10.4. The van der Waals surface area contributed by atoms with Crippen molar-refractivity contribution in [3.63, 3.8) is 0 Å². The molecule has 0 radical (unpaired) electrons. The second-order valence-electron chi connectivity index (χ2n) is 4.26. The van der Waals surface area contributed by atoms with Crippen molar-refractivity contribution < 1.29 is 0 Å². The summed E-state index contributed by atoms with van der Waals surface area (Å²) in [5, 5.41) is 11.9. The lowest BCUT2D eigenvalue weighted by molar-refractivity contribution is 1.10. The normalized spacial score (nSPS) is 9.78. The summed E-state index contributed by atoms with van der Waals surface area (Å²) >= 11 is 0. The maximum absolute atomic E-state index is 8.59. The van der Waals surface area contributed by atoms with Gasteiger partial charge in [-0.1, -0.05) is 18.2 Å². The van der Waals surface area contributed by atoms with Crippen LogP contribution in [0.15, 0.2) is 42.7 Å². The van der Waals surface area contributed by atoms with Crippen molar-refractivity contribution in [3.8, 4) is 6.07 Å². The van der Waals surface area contributed by atoms with Crippen molar-refractivity contribution in [1.29, 1.82) is 5.26 Å². The number of benzene rings is 1. The third kappa shape index (κ3) is 3.33. The Hall–Kier alpha value is -2.34. The lowest BCUT2D eigenvalue weighted by atomic mass is 10.1. The molecule has 0 aliphatic carbocycles. The zero-order valence-electron chi connectivity index (χ0n) is 10.4. The summed E-state index contributed by atoms with van der Waals surface area (Å²) in [6.07, 6.45) is 4.17. The first-order valence-corrected chi connectivity index (χ1v) is 5.88. The van der Waals surface area contributed by atoms with E-state index in [0.717, 1.165) is 23.4 Å². The quantitative estimate of drug-likeness (QED) is 0.889. The molecule has 1 N–H and O–H groups in total. The monoisotopic (exact) mass is 237 g/mol. The third-order valence-electron chi connectivity index (χ3n) is 2.67. The molecule has 1 aromatic heterocycles. The lowest BCUT2D eigenvalue weighted by Crippen LogP contribution is -2.00. The van der Waals surface area contributed by atoms with Crippen LogP contribution in [0.5, 0.6) is 0 Å². The van der Waals surface area contributed by atoms with Gasteiger partial charge >= 0.3 is 0 Å². The molecule has 0 saturated carbocycles. The van der Waals surface area contributed by atoms with Gasteiger partial charge in [0.15, 0.2) is 0 Å². The summed E-state index contributed by atoms with van der Waals surface area (Å²) in [6, 6.07) is 12.2. The first-order valence-electron chi connectivity index (χ1n) is 5.88. The van der Waals surface area contributed by atoms with Crippen LogP contribution in [0.25, 0.3) is 0 Å². The van der Waals surface area contributed by atoms with Crippen LogP contribution in [0.4, 0.5) is 5.69 Å². The summed E-state index contributed by atoms with van der Waals surface area (Å²) in [6.45, 7) is 2.79. The number of hydrogen-bond donors (Lipinski definition) is 1. The Balaban J connectivity index is 1.96. The Morgan fingerprint density at radius 3 is 2.61 bits per heavy atom.